The second-order valence-corrected chi connectivity index (χ2v) is 7.99. The molecule has 1 amide bonds. The summed E-state index contributed by atoms with van der Waals surface area (Å²) in [5.41, 5.74) is 1.51. The summed E-state index contributed by atoms with van der Waals surface area (Å²) in [5.74, 6) is -0.0990. The summed E-state index contributed by atoms with van der Waals surface area (Å²) in [7, 11) is 0. The average molecular weight is 499 g/mol. The van der Waals surface area contributed by atoms with E-state index in [1.165, 1.54) is 0 Å². The third kappa shape index (κ3) is 4.36. The van der Waals surface area contributed by atoms with Crippen molar-refractivity contribution in [3.05, 3.63) is 93.1 Å². The molecule has 4 rings (SSSR count). The minimum Gasteiger partial charge on any atom is -0.490 e. The number of halogens is 2. The summed E-state index contributed by atoms with van der Waals surface area (Å²) >= 11 is 9.58. The number of carbonyl (C=O) groups is 2. The van der Waals surface area contributed by atoms with E-state index in [4.69, 9.17) is 20.8 Å². The van der Waals surface area contributed by atoms with Crippen LogP contribution in [-0.2, 0) is 0 Å². The normalized spacial score (nSPS) is 10.8. The Morgan fingerprint density at radius 2 is 1.84 bits per heavy atom. The van der Waals surface area contributed by atoms with Gasteiger partial charge in [-0.3, -0.25) is 9.59 Å². The maximum Gasteiger partial charge on any atom is 0.291 e. The van der Waals surface area contributed by atoms with E-state index in [2.05, 4.69) is 21.2 Å². The molecule has 0 saturated heterocycles. The number of ketones is 1. The fraction of sp³-hybridized carbons (Fsp3) is 0.0833. The zero-order valence-electron chi connectivity index (χ0n) is 16.4. The van der Waals surface area contributed by atoms with Crippen LogP contribution in [0.1, 0.15) is 33.4 Å². The first-order chi connectivity index (χ1) is 15.0. The number of anilines is 1. The van der Waals surface area contributed by atoms with Gasteiger partial charge in [-0.15, -0.1) is 0 Å². The monoisotopic (exact) mass is 497 g/mol. The van der Waals surface area contributed by atoms with E-state index in [0.29, 0.717) is 44.2 Å². The summed E-state index contributed by atoms with van der Waals surface area (Å²) in [6.07, 6.45) is 0. The van der Waals surface area contributed by atoms with E-state index in [1.54, 1.807) is 54.6 Å². The number of rotatable bonds is 6. The smallest absolute Gasteiger partial charge is 0.291 e. The van der Waals surface area contributed by atoms with Crippen molar-refractivity contribution in [3.63, 3.8) is 0 Å². The first-order valence-electron chi connectivity index (χ1n) is 9.53. The molecule has 1 heterocycles. The molecule has 0 saturated carbocycles. The Hall–Kier alpha value is -3.09. The fourth-order valence-corrected chi connectivity index (χ4v) is 3.79. The number of nitrogens with one attached hydrogen (secondary N) is 1. The lowest BCUT2D eigenvalue weighted by atomic mass is 10.0. The quantitative estimate of drug-likeness (QED) is 0.299. The summed E-state index contributed by atoms with van der Waals surface area (Å²) < 4.78 is 12.0. The maximum absolute atomic E-state index is 13.1. The van der Waals surface area contributed by atoms with Crippen LogP contribution < -0.4 is 10.1 Å². The van der Waals surface area contributed by atoms with Gasteiger partial charge >= 0.3 is 0 Å². The van der Waals surface area contributed by atoms with E-state index in [1.807, 2.05) is 19.1 Å². The van der Waals surface area contributed by atoms with Crippen molar-refractivity contribution >= 4 is 55.9 Å². The van der Waals surface area contributed by atoms with Crippen molar-refractivity contribution < 1.29 is 18.7 Å². The highest BCUT2D eigenvalue weighted by Gasteiger charge is 2.20. The van der Waals surface area contributed by atoms with Crippen LogP contribution in [0.2, 0.25) is 5.02 Å². The number of amides is 1. The number of fused-ring (bicyclic) bond motifs is 1. The molecule has 0 radical (unpaired) electrons. The molecule has 0 unspecified atom stereocenters. The van der Waals surface area contributed by atoms with Crippen molar-refractivity contribution in [1.29, 1.82) is 0 Å². The molecule has 7 heteroatoms. The lowest BCUT2D eigenvalue weighted by molar-refractivity contribution is 0.0998. The fourth-order valence-electron chi connectivity index (χ4n) is 3.21. The third-order valence-electron chi connectivity index (χ3n) is 4.62. The number of benzene rings is 3. The second kappa shape index (κ2) is 8.96. The zero-order chi connectivity index (χ0) is 22.0. The Bertz CT molecular complexity index is 1300. The largest absolute Gasteiger partial charge is 0.490 e. The summed E-state index contributed by atoms with van der Waals surface area (Å²) in [6.45, 7) is 2.36. The Morgan fingerprint density at radius 3 is 2.61 bits per heavy atom. The van der Waals surface area contributed by atoms with Gasteiger partial charge in [0.15, 0.2) is 22.9 Å². The zero-order valence-corrected chi connectivity index (χ0v) is 18.8. The van der Waals surface area contributed by atoms with Crippen molar-refractivity contribution in [2.75, 3.05) is 11.9 Å². The van der Waals surface area contributed by atoms with E-state index in [-0.39, 0.29) is 11.5 Å². The molecule has 0 spiro atoms. The topological polar surface area (TPSA) is 68.5 Å². The molecule has 1 aromatic heterocycles. The molecule has 0 aliphatic carbocycles. The van der Waals surface area contributed by atoms with Gasteiger partial charge < -0.3 is 14.5 Å². The molecule has 1 N–H and O–H groups in total. The standard InChI is InChI=1S/C24H17BrClNO4/c1-2-30-20-9-5-6-14-12-21(31-23(14)20)24(29)27-19-11-10-15(25)13-17(19)22(28)16-7-3-4-8-18(16)26/h3-13H,2H2,1H3,(H,27,29). The highest BCUT2D eigenvalue weighted by Crippen LogP contribution is 2.30. The van der Waals surface area contributed by atoms with Crippen LogP contribution in [-0.4, -0.2) is 18.3 Å². The Morgan fingerprint density at radius 1 is 1.03 bits per heavy atom. The van der Waals surface area contributed by atoms with E-state index in [0.717, 1.165) is 5.39 Å². The highest BCUT2D eigenvalue weighted by atomic mass is 79.9. The first kappa shape index (κ1) is 21.2. The predicted molar refractivity (Wildman–Crippen MR) is 124 cm³/mol. The van der Waals surface area contributed by atoms with Crippen molar-refractivity contribution in [2.24, 2.45) is 0 Å². The van der Waals surface area contributed by atoms with Gasteiger partial charge in [0.1, 0.15) is 0 Å². The van der Waals surface area contributed by atoms with Crippen LogP contribution in [0.5, 0.6) is 5.75 Å². The molecule has 156 valence electrons. The third-order valence-corrected chi connectivity index (χ3v) is 5.45. The van der Waals surface area contributed by atoms with E-state index < -0.39 is 5.91 Å². The molecule has 0 aliphatic rings. The van der Waals surface area contributed by atoms with E-state index >= 15 is 0 Å². The molecule has 0 atom stereocenters. The molecule has 0 bridgehead atoms. The van der Waals surface area contributed by atoms with Crippen LogP contribution in [0.15, 0.2) is 75.6 Å². The number of para-hydroxylation sites is 1. The van der Waals surface area contributed by atoms with Gasteiger partial charge in [0.05, 0.1) is 17.3 Å². The van der Waals surface area contributed by atoms with Gasteiger partial charge in [-0.1, -0.05) is 51.8 Å². The molecule has 0 aliphatic heterocycles. The molecular weight excluding hydrogens is 482 g/mol. The molecule has 0 fully saturated rings. The van der Waals surface area contributed by atoms with Crippen LogP contribution in [0, 0.1) is 0 Å². The van der Waals surface area contributed by atoms with Gasteiger partial charge in [0, 0.05) is 21.0 Å². The number of carbonyl (C=O) groups excluding carboxylic acids is 2. The Kier molecular flexibility index (Phi) is 6.11. The van der Waals surface area contributed by atoms with Gasteiger partial charge in [-0.25, -0.2) is 0 Å². The summed E-state index contributed by atoms with van der Waals surface area (Å²) in [6, 6.07) is 18.9. The van der Waals surface area contributed by atoms with Crippen LogP contribution in [0.4, 0.5) is 5.69 Å². The SMILES string of the molecule is CCOc1cccc2cc(C(=O)Nc3ccc(Br)cc3C(=O)c3ccccc3Cl)oc12. The predicted octanol–water partition coefficient (Wildman–Crippen LogP) is 6.73. The van der Waals surface area contributed by atoms with Crippen molar-refractivity contribution in [2.45, 2.75) is 6.92 Å². The molecule has 3 aromatic carbocycles. The van der Waals surface area contributed by atoms with Crippen molar-refractivity contribution in [3.8, 4) is 5.75 Å². The first-order valence-corrected chi connectivity index (χ1v) is 10.7. The number of hydrogen-bond acceptors (Lipinski definition) is 4. The number of ether oxygens (including phenoxy) is 1. The van der Waals surface area contributed by atoms with Gasteiger partial charge in [0.25, 0.3) is 5.91 Å². The number of furan rings is 1. The molecule has 31 heavy (non-hydrogen) atoms. The van der Waals surface area contributed by atoms with E-state index in [9.17, 15) is 9.59 Å². The maximum atomic E-state index is 13.1. The minimum absolute atomic E-state index is 0.112. The van der Waals surface area contributed by atoms with Crippen LogP contribution >= 0.6 is 27.5 Å². The lowest BCUT2D eigenvalue weighted by Gasteiger charge is -2.11. The van der Waals surface area contributed by atoms with Gasteiger partial charge in [-0.2, -0.15) is 0 Å². The molecule has 4 aromatic rings. The van der Waals surface area contributed by atoms with Gasteiger partial charge in [0.2, 0.25) is 0 Å². The average Bonchev–Trinajstić information content (AvgIpc) is 3.21. The minimum atomic E-state index is -0.478. The Balaban J connectivity index is 1.68. The van der Waals surface area contributed by atoms with Crippen LogP contribution in [0.25, 0.3) is 11.0 Å². The summed E-state index contributed by atoms with van der Waals surface area (Å²) in [5, 5.41) is 3.87. The lowest BCUT2D eigenvalue weighted by Crippen LogP contribution is -2.15. The van der Waals surface area contributed by atoms with Gasteiger partial charge in [-0.05, 0) is 49.4 Å². The summed E-state index contributed by atoms with van der Waals surface area (Å²) in [4.78, 5) is 26.0. The second-order valence-electron chi connectivity index (χ2n) is 6.67. The Labute approximate surface area is 192 Å². The highest BCUT2D eigenvalue weighted by molar-refractivity contribution is 9.10. The van der Waals surface area contributed by atoms with Crippen LogP contribution in [0.3, 0.4) is 0 Å². The molecule has 5 nitrogen and oxygen atoms in total. The molecular formula is C24H17BrClNO4. The van der Waals surface area contributed by atoms with Crippen molar-refractivity contribution in [1.82, 2.24) is 0 Å². The number of hydrogen-bond donors (Lipinski definition) is 1.